The van der Waals surface area contributed by atoms with Crippen LogP contribution in [0.4, 0.5) is 13.2 Å². The van der Waals surface area contributed by atoms with Crippen LogP contribution in [0.15, 0.2) is 18.5 Å². The zero-order valence-corrected chi connectivity index (χ0v) is 13.0. The van der Waals surface area contributed by atoms with Crippen LogP contribution < -0.4 is 0 Å². The first-order chi connectivity index (χ1) is 10.6. The zero-order valence-electron chi connectivity index (χ0n) is 12.2. The van der Waals surface area contributed by atoms with Crippen LogP contribution in [0.1, 0.15) is 30.0 Å². The molecule has 0 bridgehead atoms. The van der Waals surface area contributed by atoms with Crippen molar-refractivity contribution in [1.82, 2.24) is 14.5 Å². The molecule has 0 saturated heterocycles. The van der Waals surface area contributed by atoms with E-state index in [9.17, 15) is 23.1 Å². The van der Waals surface area contributed by atoms with Crippen LogP contribution in [0.3, 0.4) is 0 Å². The molecule has 0 fully saturated rings. The lowest BCUT2D eigenvalue weighted by Gasteiger charge is -2.15. The minimum absolute atomic E-state index is 0.0932. The van der Waals surface area contributed by atoms with Gasteiger partial charge in [0.2, 0.25) is 0 Å². The molecule has 0 unspecified atom stereocenters. The van der Waals surface area contributed by atoms with E-state index in [4.69, 9.17) is 11.6 Å². The zero-order chi connectivity index (χ0) is 17.4. The highest BCUT2D eigenvalue weighted by molar-refractivity contribution is 6.30. The number of carbonyl (C=O) groups is 1. The SMILES string of the molecule is CC(C)Cn1c(C(F)(F)F)cc(-c2ncc(Cl)cn2)c1C(=O)O. The van der Waals surface area contributed by atoms with Gasteiger partial charge >= 0.3 is 12.1 Å². The van der Waals surface area contributed by atoms with Crippen molar-refractivity contribution in [2.24, 2.45) is 5.92 Å². The number of hydrogen-bond donors (Lipinski definition) is 1. The van der Waals surface area contributed by atoms with Crippen LogP contribution in [-0.4, -0.2) is 25.6 Å². The molecule has 2 aromatic rings. The van der Waals surface area contributed by atoms with E-state index in [0.717, 1.165) is 10.6 Å². The molecule has 1 N–H and O–H groups in total. The van der Waals surface area contributed by atoms with Gasteiger partial charge in [-0.3, -0.25) is 0 Å². The molecule has 0 aromatic carbocycles. The van der Waals surface area contributed by atoms with Crippen molar-refractivity contribution in [1.29, 1.82) is 0 Å². The summed E-state index contributed by atoms with van der Waals surface area (Å²) in [6.45, 7) is 3.30. The average Bonchev–Trinajstić information content (AvgIpc) is 2.78. The molecule has 0 aliphatic rings. The molecule has 5 nitrogen and oxygen atoms in total. The fourth-order valence-corrected chi connectivity index (χ4v) is 2.29. The van der Waals surface area contributed by atoms with Gasteiger partial charge in [-0.15, -0.1) is 0 Å². The van der Waals surface area contributed by atoms with Gasteiger partial charge in [-0.2, -0.15) is 13.2 Å². The summed E-state index contributed by atoms with van der Waals surface area (Å²) in [5.41, 5.74) is -1.73. The maximum Gasteiger partial charge on any atom is 0.431 e. The van der Waals surface area contributed by atoms with Crippen molar-refractivity contribution in [2.45, 2.75) is 26.6 Å². The van der Waals surface area contributed by atoms with Crippen molar-refractivity contribution in [2.75, 3.05) is 0 Å². The number of aromatic nitrogens is 3. The molecule has 0 spiro atoms. The van der Waals surface area contributed by atoms with Gasteiger partial charge in [-0.05, 0) is 12.0 Å². The summed E-state index contributed by atoms with van der Waals surface area (Å²) >= 11 is 5.65. The van der Waals surface area contributed by atoms with Crippen LogP contribution in [0.2, 0.25) is 5.02 Å². The van der Waals surface area contributed by atoms with Gasteiger partial charge in [-0.25, -0.2) is 14.8 Å². The Hall–Kier alpha value is -2.09. The van der Waals surface area contributed by atoms with E-state index in [1.54, 1.807) is 13.8 Å². The first kappa shape index (κ1) is 17.3. The third-order valence-corrected chi connectivity index (χ3v) is 3.19. The number of rotatable bonds is 4. The van der Waals surface area contributed by atoms with E-state index >= 15 is 0 Å². The van der Waals surface area contributed by atoms with Gasteiger partial charge in [0.1, 0.15) is 11.4 Å². The van der Waals surface area contributed by atoms with Crippen molar-refractivity contribution in [3.8, 4) is 11.4 Å². The van der Waals surface area contributed by atoms with Gasteiger partial charge in [-0.1, -0.05) is 25.4 Å². The van der Waals surface area contributed by atoms with Crippen LogP contribution in [0.5, 0.6) is 0 Å². The van der Waals surface area contributed by atoms with Crippen LogP contribution in [0.25, 0.3) is 11.4 Å². The lowest BCUT2D eigenvalue weighted by Crippen LogP contribution is -2.20. The topological polar surface area (TPSA) is 68.0 Å². The summed E-state index contributed by atoms with van der Waals surface area (Å²) in [5.74, 6) is -1.78. The Balaban J connectivity index is 2.73. The number of aromatic carboxylic acids is 1. The molecule has 9 heteroatoms. The molecule has 23 heavy (non-hydrogen) atoms. The quantitative estimate of drug-likeness (QED) is 0.908. The average molecular weight is 348 g/mol. The van der Waals surface area contributed by atoms with E-state index in [2.05, 4.69) is 9.97 Å². The summed E-state index contributed by atoms with van der Waals surface area (Å²) in [7, 11) is 0. The van der Waals surface area contributed by atoms with E-state index in [0.29, 0.717) is 0 Å². The largest absolute Gasteiger partial charge is 0.477 e. The fourth-order valence-electron chi connectivity index (χ4n) is 2.19. The van der Waals surface area contributed by atoms with Gasteiger partial charge in [0.05, 0.1) is 10.6 Å². The predicted molar refractivity (Wildman–Crippen MR) is 77.3 cm³/mol. The third-order valence-electron chi connectivity index (χ3n) is 3.00. The molecule has 0 aliphatic heterocycles. The summed E-state index contributed by atoms with van der Waals surface area (Å²) in [6, 6.07) is 0.759. The van der Waals surface area contributed by atoms with E-state index in [-0.39, 0.29) is 28.9 Å². The van der Waals surface area contributed by atoms with Crippen LogP contribution >= 0.6 is 11.6 Å². The van der Waals surface area contributed by atoms with Crippen molar-refractivity contribution in [3.05, 3.63) is 34.9 Å². The Morgan fingerprint density at radius 2 is 1.91 bits per heavy atom. The second kappa shape index (κ2) is 6.19. The van der Waals surface area contributed by atoms with Gasteiger partial charge in [0.25, 0.3) is 0 Å². The predicted octanol–water partition coefficient (Wildman–Crippen LogP) is 3.97. The molecule has 0 atom stereocenters. The van der Waals surface area contributed by atoms with Crippen molar-refractivity contribution >= 4 is 17.6 Å². The summed E-state index contributed by atoms with van der Waals surface area (Å²) in [6.07, 6.45) is -2.30. The molecule has 0 aliphatic carbocycles. The van der Waals surface area contributed by atoms with Gasteiger partial charge in [0, 0.05) is 18.9 Å². The number of carboxylic acid groups (broad SMARTS) is 1. The Kier molecular flexibility index (Phi) is 4.65. The Morgan fingerprint density at radius 1 is 1.35 bits per heavy atom. The van der Waals surface area contributed by atoms with Crippen LogP contribution in [0, 0.1) is 5.92 Å². The highest BCUT2D eigenvalue weighted by Gasteiger charge is 2.38. The van der Waals surface area contributed by atoms with Gasteiger partial charge < -0.3 is 9.67 Å². The minimum Gasteiger partial charge on any atom is -0.477 e. The maximum atomic E-state index is 13.3. The lowest BCUT2D eigenvalue weighted by atomic mass is 10.2. The highest BCUT2D eigenvalue weighted by atomic mass is 35.5. The monoisotopic (exact) mass is 347 g/mol. The van der Waals surface area contributed by atoms with Crippen molar-refractivity contribution in [3.63, 3.8) is 0 Å². The van der Waals surface area contributed by atoms with Gasteiger partial charge in [0.15, 0.2) is 5.82 Å². The Morgan fingerprint density at radius 3 is 2.35 bits per heavy atom. The number of alkyl halides is 3. The number of nitrogens with zero attached hydrogens (tertiary/aromatic N) is 3. The first-order valence-electron chi connectivity index (χ1n) is 6.63. The summed E-state index contributed by atoms with van der Waals surface area (Å²) in [5, 5.41) is 9.58. The molecule has 124 valence electrons. The molecular formula is C14H13ClF3N3O2. The summed E-state index contributed by atoms with van der Waals surface area (Å²) < 4.78 is 40.5. The van der Waals surface area contributed by atoms with Crippen molar-refractivity contribution < 1.29 is 23.1 Å². The molecule has 0 saturated carbocycles. The number of hydrogen-bond acceptors (Lipinski definition) is 3. The Bertz CT molecular complexity index is 724. The minimum atomic E-state index is -4.69. The molecular weight excluding hydrogens is 335 g/mol. The Labute approximate surface area is 134 Å². The van der Waals surface area contributed by atoms with E-state index in [1.165, 1.54) is 12.4 Å². The second-order valence-corrected chi connectivity index (χ2v) is 5.76. The standard InChI is InChI=1S/C14H13ClF3N3O2/c1-7(2)6-21-10(14(16,17)18)3-9(11(21)13(22)23)12-19-4-8(15)5-20-12/h3-5,7H,6H2,1-2H3,(H,22,23). The third kappa shape index (κ3) is 3.64. The lowest BCUT2D eigenvalue weighted by molar-refractivity contribution is -0.143. The highest BCUT2D eigenvalue weighted by Crippen LogP contribution is 2.36. The number of carboxylic acids is 1. The van der Waals surface area contributed by atoms with E-state index in [1.807, 2.05) is 0 Å². The molecule has 2 heterocycles. The molecule has 2 aromatic heterocycles. The smallest absolute Gasteiger partial charge is 0.431 e. The fraction of sp³-hybridized carbons (Fsp3) is 0.357. The number of halogens is 4. The molecule has 0 radical (unpaired) electrons. The maximum absolute atomic E-state index is 13.3. The molecule has 0 amide bonds. The van der Waals surface area contributed by atoms with E-state index < -0.39 is 23.5 Å². The normalized spacial score (nSPS) is 12.0. The first-order valence-corrected chi connectivity index (χ1v) is 7.01. The molecule has 2 rings (SSSR count). The summed E-state index contributed by atoms with van der Waals surface area (Å²) in [4.78, 5) is 19.2. The van der Waals surface area contributed by atoms with Crippen LogP contribution in [-0.2, 0) is 12.7 Å². The second-order valence-electron chi connectivity index (χ2n) is 5.32.